The number of imidazole rings is 1. The average molecular weight is 271 g/mol. The molecule has 0 fully saturated rings. The van der Waals surface area contributed by atoms with E-state index in [1.165, 1.54) is 6.08 Å². The number of alkyl carbamates (subject to hydrolysis) is 1. The SMILES string of the molecule is C=CCOC(=O)N[C@H](Cc1c[nH]c(=S)[nH]1)C(=O)O. The molecule has 1 rings (SSSR count). The van der Waals surface area contributed by atoms with Crippen molar-refractivity contribution in [2.75, 3.05) is 6.61 Å². The minimum absolute atomic E-state index is 0.0186. The molecule has 0 aromatic carbocycles. The molecule has 0 spiro atoms. The van der Waals surface area contributed by atoms with E-state index >= 15 is 0 Å². The smallest absolute Gasteiger partial charge is 0.408 e. The molecule has 4 N–H and O–H groups in total. The molecule has 98 valence electrons. The van der Waals surface area contributed by atoms with Crippen LogP contribution in [-0.4, -0.2) is 39.8 Å². The Balaban J connectivity index is 2.60. The number of aliphatic carboxylic acids is 1. The van der Waals surface area contributed by atoms with Crippen molar-refractivity contribution in [2.24, 2.45) is 0 Å². The van der Waals surface area contributed by atoms with E-state index in [-0.39, 0.29) is 13.0 Å². The molecule has 1 aromatic rings. The number of carboxylic acid groups (broad SMARTS) is 1. The molecule has 1 amide bonds. The van der Waals surface area contributed by atoms with Gasteiger partial charge in [-0.3, -0.25) is 0 Å². The summed E-state index contributed by atoms with van der Waals surface area (Å²) in [7, 11) is 0. The summed E-state index contributed by atoms with van der Waals surface area (Å²) in [6.07, 6.45) is 2.20. The molecular weight excluding hydrogens is 258 g/mol. The number of carbonyl (C=O) groups excluding carboxylic acids is 1. The predicted molar refractivity (Wildman–Crippen MR) is 65.8 cm³/mol. The second-order valence-electron chi connectivity index (χ2n) is 3.39. The summed E-state index contributed by atoms with van der Waals surface area (Å²) in [5.41, 5.74) is 0.580. The third-order valence-electron chi connectivity index (χ3n) is 2.00. The monoisotopic (exact) mass is 271 g/mol. The first-order valence-electron chi connectivity index (χ1n) is 5.06. The highest BCUT2D eigenvalue weighted by molar-refractivity contribution is 7.71. The van der Waals surface area contributed by atoms with Crippen LogP contribution in [0.5, 0.6) is 0 Å². The van der Waals surface area contributed by atoms with E-state index < -0.39 is 18.1 Å². The van der Waals surface area contributed by atoms with Crippen LogP contribution in [0, 0.1) is 4.77 Å². The second-order valence-corrected chi connectivity index (χ2v) is 3.80. The zero-order chi connectivity index (χ0) is 13.5. The van der Waals surface area contributed by atoms with Crippen LogP contribution in [0.2, 0.25) is 0 Å². The molecule has 18 heavy (non-hydrogen) atoms. The number of nitrogens with one attached hydrogen (secondary N) is 3. The second kappa shape index (κ2) is 6.60. The van der Waals surface area contributed by atoms with Crippen LogP contribution < -0.4 is 5.32 Å². The number of amides is 1. The van der Waals surface area contributed by atoms with Crippen molar-refractivity contribution in [1.82, 2.24) is 15.3 Å². The molecule has 0 bridgehead atoms. The topological polar surface area (TPSA) is 107 Å². The first-order chi connectivity index (χ1) is 8.52. The molecule has 8 heteroatoms. The molecule has 1 atom stereocenters. The van der Waals surface area contributed by atoms with E-state index in [2.05, 4.69) is 26.6 Å². The standard InChI is InChI=1S/C10H13N3O4S/c1-2-3-17-10(16)13-7(8(14)15)4-6-5-11-9(18)12-6/h2,5,7H,1,3-4H2,(H,13,16)(H,14,15)(H2,11,12,18)/t7-/m1/s1. The van der Waals surface area contributed by atoms with Gasteiger partial charge in [0.15, 0.2) is 4.77 Å². The molecule has 0 saturated carbocycles. The van der Waals surface area contributed by atoms with Gasteiger partial charge in [0.1, 0.15) is 12.6 Å². The van der Waals surface area contributed by atoms with Gasteiger partial charge in [-0.05, 0) is 12.2 Å². The number of hydrogen-bond acceptors (Lipinski definition) is 4. The first kappa shape index (κ1) is 14.0. The van der Waals surface area contributed by atoms with Gasteiger partial charge in [-0.15, -0.1) is 0 Å². The Morgan fingerprint density at radius 2 is 2.39 bits per heavy atom. The van der Waals surface area contributed by atoms with E-state index in [0.717, 1.165) is 0 Å². The minimum atomic E-state index is -1.16. The number of carbonyl (C=O) groups is 2. The Kier molecular flexibility index (Phi) is 5.12. The largest absolute Gasteiger partial charge is 0.480 e. The van der Waals surface area contributed by atoms with Crippen molar-refractivity contribution in [3.05, 3.63) is 29.3 Å². The van der Waals surface area contributed by atoms with Gasteiger partial charge < -0.3 is 25.1 Å². The lowest BCUT2D eigenvalue weighted by Gasteiger charge is -2.13. The van der Waals surface area contributed by atoms with Crippen LogP contribution >= 0.6 is 12.2 Å². The lowest BCUT2D eigenvalue weighted by Crippen LogP contribution is -2.42. The first-order valence-corrected chi connectivity index (χ1v) is 5.47. The summed E-state index contributed by atoms with van der Waals surface area (Å²) in [6.45, 7) is 3.39. The highest BCUT2D eigenvalue weighted by Crippen LogP contribution is 2.00. The molecule has 0 radical (unpaired) electrons. The lowest BCUT2D eigenvalue weighted by atomic mass is 10.2. The maximum Gasteiger partial charge on any atom is 0.408 e. The van der Waals surface area contributed by atoms with E-state index in [1.807, 2.05) is 0 Å². The fraction of sp³-hybridized carbons (Fsp3) is 0.300. The summed E-state index contributed by atoms with van der Waals surface area (Å²) in [5, 5.41) is 11.2. The Morgan fingerprint density at radius 1 is 1.67 bits per heavy atom. The molecule has 7 nitrogen and oxygen atoms in total. The number of aromatic amines is 2. The number of ether oxygens (including phenoxy) is 1. The van der Waals surface area contributed by atoms with Crippen molar-refractivity contribution in [2.45, 2.75) is 12.5 Å². The Bertz CT molecular complexity index is 493. The maximum atomic E-state index is 11.2. The summed E-state index contributed by atoms with van der Waals surface area (Å²) in [5.74, 6) is -1.16. The Hall–Kier alpha value is -2.09. The van der Waals surface area contributed by atoms with Crippen molar-refractivity contribution >= 4 is 24.3 Å². The number of H-pyrrole nitrogens is 2. The van der Waals surface area contributed by atoms with Crippen LogP contribution in [0.1, 0.15) is 5.69 Å². The van der Waals surface area contributed by atoms with Crippen molar-refractivity contribution in [3.8, 4) is 0 Å². The van der Waals surface area contributed by atoms with Gasteiger partial charge in [0.2, 0.25) is 0 Å². The van der Waals surface area contributed by atoms with Gasteiger partial charge in [-0.25, -0.2) is 9.59 Å². The van der Waals surface area contributed by atoms with Crippen molar-refractivity contribution in [1.29, 1.82) is 0 Å². The normalized spacial score (nSPS) is 11.6. The van der Waals surface area contributed by atoms with Crippen LogP contribution in [0.3, 0.4) is 0 Å². The average Bonchev–Trinajstić information content (AvgIpc) is 2.71. The molecule has 0 unspecified atom stereocenters. The Labute approximate surface area is 108 Å². The fourth-order valence-corrected chi connectivity index (χ4v) is 1.41. The van der Waals surface area contributed by atoms with Crippen LogP contribution in [-0.2, 0) is 16.0 Å². The number of aromatic nitrogens is 2. The zero-order valence-corrected chi connectivity index (χ0v) is 10.3. The summed E-state index contributed by atoms with van der Waals surface area (Å²) < 4.78 is 5.04. The van der Waals surface area contributed by atoms with Gasteiger partial charge in [-0.2, -0.15) is 0 Å². The van der Waals surface area contributed by atoms with E-state index in [4.69, 9.17) is 17.3 Å². The van der Waals surface area contributed by atoms with Crippen LogP contribution in [0.4, 0.5) is 4.79 Å². The van der Waals surface area contributed by atoms with Gasteiger partial charge >= 0.3 is 12.1 Å². The third-order valence-corrected chi connectivity index (χ3v) is 2.22. The maximum absolute atomic E-state index is 11.2. The van der Waals surface area contributed by atoms with Gasteiger partial charge in [0, 0.05) is 18.3 Å². The van der Waals surface area contributed by atoms with Crippen LogP contribution in [0.15, 0.2) is 18.9 Å². The van der Waals surface area contributed by atoms with Gasteiger partial charge in [0.25, 0.3) is 0 Å². The quantitative estimate of drug-likeness (QED) is 0.456. The van der Waals surface area contributed by atoms with Crippen LogP contribution in [0.25, 0.3) is 0 Å². The number of hydrogen-bond donors (Lipinski definition) is 4. The summed E-state index contributed by atoms with van der Waals surface area (Å²) >= 11 is 4.81. The van der Waals surface area contributed by atoms with E-state index in [0.29, 0.717) is 10.5 Å². The van der Waals surface area contributed by atoms with E-state index in [9.17, 15) is 9.59 Å². The molecular formula is C10H13N3O4S. The third kappa shape index (κ3) is 4.42. The zero-order valence-electron chi connectivity index (χ0n) is 9.43. The number of carboxylic acids is 1. The van der Waals surface area contributed by atoms with Crippen molar-refractivity contribution in [3.63, 3.8) is 0 Å². The van der Waals surface area contributed by atoms with E-state index in [1.54, 1.807) is 6.20 Å². The van der Waals surface area contributed by atoms with Gasteiger partial charge in [-0.1, -0.05) is 12.7 Å². The summed E-state index contributed by atoms with van der Waals surface area (Å²) in [4.78, 5) is 27.7. The molecule has 1 heterocycles. The van der Waals surface area contributed by atoms with Gasteiger partial charge in [0.05, 0.1) is 0 Å². The molecule has 0 aliphatic carbocycles. The predicted octanol–water partition coefficient (Wildman–Crippen LogP) is 0.980. The van der Waals surface area contributed by atoms with Crippen molar-refractivity contribution < 1.29 is 19.4 Å². The molecule has 0 saturated heterocycles. The summed E-state index contributed by atoms with van der Waals surface area (Å²) in [6, 6.07) is -1.09. The minimum Gasteiger partial charge on any atom is -0.480 e. The molecule has 1 aromatic heterocycles. The highest BCUT2D eigenvalue weighted by atomic mass is 32.1. The number of rotatable bonds is 6. The lowest BCUT2D eigenvalue weighted by molar-refractivity contribution is -0.139. The molecule has 0 aliphatic heterocycles. The fourth-order valence-electron chi connectivity index (χ4n) is 1.22. The Morgan fingerprint density at radius 3 is 2.89 bits per heavy atom. The molecule has 0 aliphatic rings. The highest BCUT2D eigenvalue weighted by Gasteiger charge is 2.21.